The van der Waals surface area contributed by atoms with Crippen molar-refractivity contribution in [3.05, 3.63) is 66.0 Å². The van der Waals surface area contributed by atoms with Crippen molar-refractivity contribution in [3.8, 4) is 0 Å². The van der Waals surface area contributed by atoms with Crippen LogP contribution in [-0.2, 0) is 6.54 Å². The lowest BCUT2D eigenvalue weighted by atomic mass is 10.2. The molecule has 2 aromatic rings. The monoisotopic (exact) mass is 352 g/mol. The summed E-state index contributed by atoms with van der Waals surface area (Å²) in [4.78, 5) is 21.0. The molecule has 0 unspecified atom stereocenters. The zero-order chi connectivity index (χ0) is 18.0. The summed E-state index contributed by atoms with van der Waals surface area (Å²) in [6.07, 6.45) is 3.76. The van der Waals surface area contributed by atoms with Gasteiger partial charge in [-0.2, -0.15) is 0 Å². The van der Waals surface area contributed by atoms with Crippen molar-refractivity contribution in [2.75, 3.05) is 39.3 Å². The fourth-order valence-corrected chi connectivity index (χ4v) is 3.26. The highest BCUT2D eigenvalue weighted by atomic mass is 16.1. The predicted octanol–water partition coefficient (Wildman–Crippen LogP) is 2.41. The van der Waals surface area contributed by atoms with Crippen LogP contribution in [0.4, 0.5) is 0 Å². The number of nitrogens with one attached hydrogen (secondary N) is 1. The molecule has 0 bridgehead atoms. The maximum Gasteiger partial charge on any atom is 0.269 e. The number of nitrogens with zero attached hydrogens (tertiary/aromatic N) is 3. The van der Waals surface area contributed by atoms with Crippen LogP contribution in [0.3, 0.4) is 0 Å². The summed E-state index contributed by atoms with van der Waals surface area (Å²) < 4.78 is 0. The van der Waals surface area contributed by atoms with E-state index in [1.54, 1.807) is 12.3 Å². The number of rotatable bonds is 8. The molecular formula is C21H28N4O. The Morgan fingerprint density at radius 2 is 1.65 bits per heavy atom. The molecule has 5 heteroatoms. The Morgan fingerprint density at radius 3 is 2.38 bits per heavy atom. The largest absolute Gasteiger partial charge is 0.351 e. The summed E-state index contributed by atoms with van der Waals surface area (Å²) in [7, 11) is 0. The third kappa shape index (κ3) is 5.93. The van der Waals surface area contributed by atoms with Gasteiger partial charge in [0.1, 0.15) is 5.69 Å². The average molecular weight is 352 g/mol. The molecule has 1 aromatic carbocycles. The second-order valence-corrected chi connectivity index (χ2v) is 6.78. The molecule has 0 saturated carbocycles. The minimum atomic E-state index is -0.0832. The molecule has 26 heavy (non-hydrogen) atoms. The van der Waals surface area contributed by atoms with Crippen LogP contribution < -0.4 is 5.32 Å². The van der Waals surface area contributed by atoms with Gasteiger partial charge in [0, 0.05) is 45.5 Å². The lowest BCUT2D eigenvalue weighted by molar-refractivity contribution is 0.0946. The van der Waals surface area contributed by atoms with Crippen molar-refractivity contribution < 1.29 is 4.79 Å². The third-order valence-electron chi connectivity index (χ3n) is 4.80. The lowest BCUT2D eigenvalue weighted by Crippen LogP contribution is -2.46. The minimum Gasteiger partial charge on any atom is -0.351 e. The summed E-state index contributed by atoms with van der Waals surface area (Å²) in [6.45, 7) is 7.40. The number of unbranched alkanes of at least 4 members (excludes halogenated alkanes) is 1. The van der Waals surface area contributed by atoms with Gasteiger partial charge >= 0.3 is 0 Å². The fourth-order valence-electron chi connectivity index (χ4n) is 3.26. The molecule has 0 spiro atoms. The molecule has 0 atom stereocenters. The molecule has 3 rings (SSSR count). The summed E-state index contributed by atoms with van der Waals surface area (Å²) in [5.74, 6) is -0.0832. The molecule has 138 valence electrons. The van der Waals surface area contributed by atoms with Crippen molar-refractivity contribution in [2.45, 2.75) is 19.4 Å². The van der Waals surface area contributed by atoms with Crippen LogP contribution in [0.25, 0.3) is 0 Å². The molecule has 0 radical (unpaired) electrons. The van der Waals surface area contributed by atoms with Gasteiger partial charge in [0.2, 0.25) is 0 Å². The first-order valence-electron chi connectivity index (χ1n) is 9.49. The van der Waals surface area contributed by atoms with Crippen LogP contribution in [0.15, 0.2) is 54.7 Å². The Kier molecular flexibility index (Phi) is 7.16. The molecule has 5 nitrogen and oxygen atoms in total. The fraction of sp³-hybridized carbons (Fsp3) is 0.429. The molecule has 1 amide bonds. The van der Waals surface area contributed by atoms with Gasteiger partial charge < -0.3 is 10.2 Å². The number of benzene rings is 1. The Morgan fingerprint density at radius 1 is 0.923 bits per heavy atom. The van der Waals surface area contributed by atoms with E-state index >= 15 is 0 Å². The maximum absolute atomic E-state index is 11.9. The predicted molar refractivity (Wildman–Crippen MR) is 104 cm³/mol. The number of carbonyl (C=O) groups is 1. The van der Waals surface area contributed by atoms with Gasteiger partial charge in [0.25, 0.3) is 5.91 Å². The number of hydrogen-bond acceptors (Lipinski definition) is 4. The molecule has 1 aromatic heterocycles. The van der Waals surface area contributed by atoms with Crippen LogP contribution in [0, 0.1) is 0 Å². The first-order valence-corrected chi connectivity index (χ1v) is 9.49. The van der Waals surface area contributed by atoms with E-state index < -0.39 is 0 Å². The molecule has 0 aliphatic carbocycles. The van der Waals surface area contributed by atoms with Gasteiger partial charge in [0.05, 0.1) is 0 Å². The van der Waals surface area contributed by atoms with Crippen molar-refractivity contribution >= 4 is 5.91 Å². The number of hydrogen-bond donors (Lipinski definition) is 1. The molecular weight excluding hydrogens is 324 g/mol. The van der Waals surface area contributed by atoms with E-state index in [-0.39, 0.29) is 5.91 Å². The van der Waals surface area contributed by atoms with Crippen molar-refractivity contribution in [3.63, 3.8) is 0 Å². The van der Waals surface area contributed by atoms with Crippen molar-refractivity contribution in [2.24, 2.45) is 0 Å². The molecule has 1 N–H and O–H groups in total. The van der Waals surface area contributed by atoms with E-state index in [4.69, 9.17) is 0 Å². The number of piperazine rings is 1. The third-order valence-corrected chi connectivity index (χ3v) is 4.80. The molecule has 1 aliphatic heterocycles. The molecule has 1 fully saturated rings. The zero-order valence-corrected chi connectivity index (χ0v) is 15.3. The molecule has 2 heterocycles. The second kappa shape index (κ2) is 10.0. The maximum atomic E-state index is 11.9. The summed E-state index contributed by atoms with van der Waals surface area (Å²) in [5.41, 5.74) is 1.88. The number of carbonyl (C=O) groups excluding carboxylic acids is 1. The quantitative estimate of drug-likeness (QED) is 0.741. The first kappa shape index (κ1) is 18.5. The van der Waals surface area contributed by atoms with E-state index in [0.29, 0.717) is 12.2 Å². The van der Waals surface area contributed by atoms with E-state index in [0.717, 1.165) is 52.1 Å². The Hall–Kier alpha value is -2.24. The van der Waals surface area contributed by atoms with Crippen LogP contribution in [0.5, 0.6) is 0 Å². The molecule has 1 saturated heterocycles. The van der Waals surface area contributed by atoms with E-state index in [1.165, 1.54) is 5.56 Å². The van der Waals surface area contributed by atoms with E-state index in [9.17, 15) is 4.79 Å². The van der Waals surface area contributed by atoms with Gasteiger partial charge in [-0.1, -0.05) is 36.4 Å². The Bertz CT molecular complexity index is 654. The van der Waals surface area contributed by atoms with Crippen LogP contribution >= 0.6 is 0 Å². The van der Waals surface area contributed by atoms with Gasteiger partial charge in [-0.15, -0.1) is 0 Å². The smallest absolute Gasteiger partial charge is 0.269 e. The van der Waals surface area contributed by atoms with Crippen LogP contribution in [-0.4, -0.2) is 60.0 Å². The summed E-state index contributed by atoms with van der Waals surface area (Å²) in [6, 6.07) is 16.1. The topological polar surface area (TPSA) is 48.5 Å². The van der Waals surface area contributed by atoms with Gasteiger partial charge in [-0.3, -0.25) is 14.7 Å². The Labute approximate surface area is 156 Å². The highest BCUT2D eigenvalue weighted by molar-refractivity contribution is 5.92. The van der Waals surface area contributed by atoms with Gasteiger partial charge in [-0.25, -0.2) is 0 Å². The lowest BCUT2D eigenvalue weighted by Gasteiger charge is -2.34. The molecule has 1 aliphatic rings. The summed E-state index contributed by atoms with van der Waals surface area (Å²) in [5, 5.41) is 2.94. The number of aromatic nitrogens is 1. The summed E-state index contributed by atoms with van der Waals surface area (Å²) >= 11 is 0. The highest BCUT2D eigenvalue weighted by Crippen LogP contribution is 2.09. The second-order valence-electron chi connectivity index (χ2n) is 6.78. The minimum absolute atomic E-state index is 0.0832. The Balaban J connectivity index is 1.26. The highest BCUT2D eigenvalue weighted by Gasteiger charge is 2.16. The van der Waals surface area contributed by atoms with Crippen LogP contribution in [0.2, 0.25) is 0 Å². The van der Waals surface area contributed by atoms with Crippen molar-refractivity contribution in [1.82, 2.24) is 20.1 Å². The SMILES string of the molecule is O=C(NCCCCN1CCN(Cc2ccccc2)CC1)c1ccccn1. The first-order chi connectivity index (χ1) is 12.8. The van der Waals surface area contributed by atoms with E-state index in [2.05, 4.69) is 50.4 Å². The number of pyridine rings is 1. The normalized spacial score (nSPS) is 15.7. The standard InChI is InChI=1S/C21H28N4O/c26-21(20-10-4-5-11-22-20)23-12-6-7-13-24-14-16-25(17-15-24)18-19-8-2-1-3-9-19/h1-5,8-11H,6-7,12-18H2,(H,23,26). The van der Waals surface area contributed by atoms with Crippen LogP contribution in [0.1, 0.15) is 28.9 Å². The number of amides is 1. The van der Waals surface area contributed by atoms with E-state index in [1.807, 2.05) is 12.1 Å². The van der Waals surface area contributed by atoms with Gasteiger partial charge in [-0.05, 0) is 37.1 Å². The van der Waals surface area contributed by atoms with Gasteiger partial charge in [0.15, 0.2) is 0 Å². The average Bonchev–Trinajstić information content (AvgIpc) is 2.70. The van der Waals surface area contributed by atoms with Crippen molar-refractivity contribution in [1.29, 1.82) is 0 Å². The zero-order valence-electron chi connectivity index (χ0n) is 15.3.